The lowest BCUT2D eigenvalue weighted by Crippen LogP contribution is -1.97. The summed E-state index contributed by atoms with van der Waals surface area (Å²) in [6, 6.07) is 14.0. The molecule has 0 saturated carbocycles. The van der Waals surface area contributed by atoms with Crippen molar-refractivity contribution in [3.05, 3.63) is 65.1 Å². The maximum atomic E-state index is 12.3. The maximum Gasteiger partial charge on any atom is 0.199 e. The van der Waals surface area contributed by atoms with Crippen molar-refractivity contribution in [3.63, 3.8) is 0 Å². The second-order valence-electron chi connectivity index (χ2n) is 4.95. The number of rotatable bonds is 5. The Kier molecular flexibility index (Phi) is 5.61. The van der Waals surface area contributed by atoms with Crippen LogP contribution in [0.15, 0.2) is 58.8 Å². The highest BCUT2D eigenvalue weighted by atomic mass is 32.2. The normalized spacial score (nSPS) is 11.0. The van der Waals surface area contributed by atoms with E-state index in [1.54, 1.807) is 25.1 Å². The van der Waals surface area contributed by atoms with Gasteiger partial charge in [-0.3, -0.25) is 0 Å². The van der Waals surface area contributed by atoms with Crippen molar-refractivity contribution in [1.82, 2.24) is 0 Å². The van der Waals surface area contributed by atoms with E-state index in [1.807, 2.05) is 31.2 Å². The highest BCUT2D eigenvalue weighted by molar-refractivity contribution is 7.94. The molecule has 0 unspecified atom stereocenters. The Morgan fingerprint density at radius 2 is 1.70 bits per heavy atom. The smallest absolute Gasteiger partial charge is 0.199 e. The molecule has 0 aromatic heterocycles. The van der Waals surface area contributed by atoms with E-state index in [1.165, 1.54) is 17.5 Å². The molecule has 0 amide bonds. The average molecular weight is 326 g/mol. The van der Waals surface area contributed by atoms with Crippen molar-refractivity contribution in [2.45, 2.75) is 18.7 Å². The number of hydrogen-bond donors (Lipinski definition) is 0. The second-order valence-corrected chi connectivity index (χ2v) is 6.78. The molecule has 4 heteroatoms. The van der Waals surface area contributed by atoms with E-state index in [0.29, 0.717) is 5.75 Å². The summed E-state index contributed by atoms with van der Waals surface area (Å²) in [5.41, 5.74) is 1.98. The van der Waals surface area contributed by atoms with E-state index < -0.39 is 9.84 Å². The van der Waals surface area contributed by atoms with Crippen molar-refractivity contribution in [3.8, 4) is 17.6 Å². The van der Waals surface area contributed by atoms with Crippen LogP contribution in [0.5, 0.6) is 5.75 Å². The van der Waals surface area contributed by atoms with E-state index >= 15 is 0 Å². The lowest BCUT2D eigenvalue weighted by atomic mass is 10.2. The second kappa shape index (κ2) is 7.66. The number of ether oxygens (including phenoxy) is 1. The minimum atomic E-state index is -3.47. The molecule has 0 N–H and O–H groups in total. The molecule has 0 radical (unpaired) electrons. The summed E-state index contributed by atoms with van der Waals surface area (Å²) < 4.78 is 30.0. The van der Waals surface area contributed by atoms with Crippen LogP contribution in [0.25, 0.3) is 6.08 Å². The first-order chi connectivity index (χ1) is 11.0. The zero-order valence-corrected chi connectivity index (χ0v) is 13.9. The molecule has 0 bridgehead atoms. The van der Waals surface area contributed by atoms with Gasteiger partial charge in [-0.05, 0) is 49.8 Å². The first-order valence-electron chi connectivity index (χ1n) is 7.13. The summed E-state index contributed by atoms with van der Waals surface area (Å²) in [7, 11) is -3.47. The zero-order valence-electron chi connectivity index (χ0n) is 13.1. The highest BCUT2D eigenvalue weighted by Gasteiger charge is 2.10. The fourth-order valence-electron chi connectivity index (χ4n) is 1.84. The van der Waals surface area contributed by atoms with Gasteiger partial charge in [0.2, 0.25) is 0 Å². The van der Waals surface area contributed by atoms with Crippen LogP contribution in [-0.4, -0.2) is 15.0 Å². The molecule has 0 aliphatic rings. The van der Waals surface area contributed by atoms with Gasteiger partial charge >= 0.3 is 0 Å². The third-order valence-corrected chi connectivity index (χ3v) is 4.58. The Morgan fingerprint density at radius 1 is 1.04 bits per heavy atom. The number of sulfone groups is 1. The van der Waals surface area contributed by atoms with E-state index in [4.69, 9.17) is 4.74 Å². The molecule has 0 fully saturated rings. The van der Waals surface area contributed by atoms with Crippen molar-refractivity contribution < 1.29 is 13.2 Å². The van der Waals surface area contributed by atoms with Gasteiger partial charge in [-0.15, -0.1) is 5.92 Å². The Bertz CT molecular complexity index is 834. The van der Waals surface area contributed by atoms with Crippen molar-refractivity contribution in [1.29, 1.82) is 0 Å². The highest BCUT2D eigenvalue weighted by Crippen LogP contribution is 2.18. The first kappa shape index (κ1) is 16.9. The summed E-state index contributed by atoms with van der Waals surface area (Å²) >= 11 is 0. The number of aryl methyl sites for hydroxylation is 1. The Morgan fingerprint density at radius 3 is 2.30 bits per heavy atom. The summed E-state index contributed by atoms with van der Waals surface area (Å²) in [4.78, 5) is 0.231. The van der Waals surface area contributed by atoms with Gasteiger partial charge in [0.25, 0.3) is 0 Å². The fraction of sp³-hybridized carbons (Fsp3) is 0.158. The molecular formula is C19H18O3S. The molecule has 118 valence electrons. The molecule has 0 saturated heterocycles. The van der Waals surface area contributed by atoms with Gasteiger partial charge in [0, 0.05) is 5.41 Å². The lowest BCUT2D eigenvalue weighted by molar-refractivity contribution is 0.370. The van der Waals surface area contributed by atoms with Crippen molar-refractivity contribution in [2.24, 2.45) is 0 Å². The van der Waals surface area contributed by atoms with Crippen molar-refractivity contribution >= 4 is 15.9 Å². The van der Waals surface area contributed by atoms with Gasteiger partial charge in [0.15, 0.2) is 9.84 Å². The third kappa shape index (κ3) is 5.01. The molecular weight excluding hydrogens is 308 g/mol. The van der Waals surface area contributed by atoms with E-state index in [-0.39, 0.29) is 11.5 Å². The summed E-state index contributed by atoms with van der Waals surface area (Å²) in [6.07, 6.45) is 1.59. The molecule has 0 heterocycles. The Labute approximate surface area is 137 Å². The predicted octanol–water partition coefficient (Wildman–Crippen LogP) is 3.84. The molecule has 0 aliphatic carbocycles. The molecule has 2 aromatic rings. The van der Waals surface area contributed by atoms with Gasteiger partial charge in [0.1, 0.15) is 12.4 Å². The van der Waals surface area contributed by atoms with Crippen LogP contribution in [0, 0.1) is 18.8 Å². The maximum absolute atomic E-state index is 12.3. The predicted molar refractivity (Wildman–Crippen MR) is 92.8 cm³/mol. The first-order valence-corrected chi connectivity index (χ1v) is 8.68. The van der Waals surface area contributed by atoms with Gasteiger partial charge in [-0.1, -0.05) is 35.7 Å². The van der Waals surface area contributed by atoms with Crippen LogP contribution in [0.3, 0.4) is 0 Å². The van der Waals surface area contributed by atoms with Crippen LogP contribution in [0.2, 0.25) is 0 Å². The zero-order chi connectivity index (χ0) is 16.7. The molecule has 23 heavy (non-hydrogen) atoms. The molecule has 2 aromatic carbocycles. The minimum Gasteiger partial charge on any atom is -0.481 e. The van der Waals surface area contributed by atoms with Gasteiger partial charge in [0.05, 0.1) is 4.90 Å². The van der Waals surface area contributed by atoms with Crippen LogP contribution in [-0.2, 0) is 9.84 Å². The van der Waals surface area contributed by atoms with Gasteiger partial charge in [-0.25, -0.2) is 8.42 Å². The quantitative estimate of drug-likeness (QED) is 0.784. The van der Waals surface area contributed by atoms with Crippen LogP contribution in [0.4, 0.5) is 0 Å². The standard InChI is InChI=1S/C19H18O3S/c1-3-4-14-22-18-9-11-19(12-10-18)23(20,21)15-13-17-7-5-16(2)6-8-17/h5-13,15H,14H2,1-2H3. The SMILES string of the molecule is CC#CCOc1ccc(S(=O)(=O)C=Cc2ccc(C)cc2)cc1. The van der Waals surface area contributed by atoms with Gasteiger partial charge in [-0.2, -0.15) is 0 Å². The summed E-state index contributed by atoms with van der Waals surface area (Å²) in [5, 5.41) is 1.22. The summed E-state index contributed by atoms with van der Waals surface area (Å²) in [5.74, 6) is 6.10. The van der Waals surface area contributed by atoms with Crippen LogP contribution in [0.1, 0.15) is 18.1 Å². The molecule has 0 atom stereocenters. The number of hydrogen-bond acceptors (Lipinski definition) is 3. The largest absolute Gasteiger partial charge is 0.481 e. The van der Waals surface area contributed by atoms with Gasteiger partial charge < -0.3 is 4.74 Å². The van der Waals surface area contributed by atoms with E-state index in [9.17, 15) is 8.42 Å². The summed E-state index contributed by atoms with van der Waals surface area (Å²) in [6.45, 7) is 4.01. The van der Waals surface area contributed by atoms with E-state index in [2.05, 4.69) is 11.8 Å². The van der Waals surface area contributed by atoms with E-state index in [0.717, 1.165) is 11.1 Å². The molecule has 0 aliphatic heterocycles. The van der Waals surface area contributed by atoms with Crippen LogP contribution < -0.4 is 4.74 Å². The van der Waals surface area contributed by atoms with Crippen molar-refractivity contribution in [2.75, 3.05) is 6.61 Å². The molecule has 2 rings (SSSR count). The third-order valence-electron chi connectivity index (χ3n) is 3.16. The number of benzene rings is 2. The monoisotopic (exact) mass is 326 g/mol. The Balaban J connectivity index is 2.12. The topological polar surface area (TPSA) is 43.4 Å². The molecule has 3 nitrogen and oxygen atoms in total. The minimum absolute atomic E-state index is 0.231. The average Bonchev–Trinajstić information content (AvgIpc) is 2.55. The molecule has 0 spiro atoms. The lowest BCUT2D eigenvalue weighted by Gasteiger charge is -2.03. The fourth-order valence-corrected chi connectivity index (χ4v) is 2.85. The van der Waals surface area contributed by atoms with Crippen LogP contribution >= 0.6 is 0 Å². The Hall–Kier alpha value is -2.51.